The largest absolute Gasteiger partial charge is 0.610 e. The summed E-state index contributed by atoms with van der Waals surface area (Å²) in [6, 6.07) is 1.05. The van der Waals surface area contributed by atoms with Gasteiger partial charge < -0.3 is 18.9 Å². The molecule has 1 heterocycles. The van der Waals surface area contributed by atoms with E-state index in [0.29, 0.717) is 10.5 Å². The van der Waals surface area contributed by atoms with E-state index in [4.69, 9.17) is 9.47 Å². The molecule has 0 radical (unpaired) electrons. The summed E-state index contributed by atoms with van der Waals surface area (Å²) < 4.78 is 22.3. The van der Waals surface area contributed by atoms with Crippen molar-refractivity contribution in [2.45, 2.75) is 31.7 Å². The first-order chi connectivity index (χ1) is 11.8. The summed E-state index contributed by atoms with van der Waals surface area (Å²) in [6.45, 7) is 4.87. The predicted molar refractivity (Wildman–Crippen MR) is 88.6 cm³/mol. The first-order valence-electron chi connectivity index (χ1n) is 7.59. The molecule has 1 atom stereocenters. The van der Waals surface area contributed by atoms with Gasteiger partial charge in [-0.3, -0.25) is 10.1 Å². The molecule has 0 saturated carbocycles. The smallest absolute Gasteiger partial charge is 0.340 e. The third kappa shape index (κ3) is 3.69. The number of ether oxygens (including phenoxy) is 2. The van der Waals surface area contributed by atoms with Crippen LogP contribution in [0.3, 0.4) is 0 Å². The third-order valence-corrected chi connectivity index (χ3v) is 5.07. The minimum atomic E-state index is -1.53. The van der Waals surface area contributed by atoms with E-state index >= 15 is 0 Å². The average Bonchev–Trinajstić information content (AvgIpc) is 2.85. The highest BCUT2D eigenvalue weighted by molar-refractivity contribution is 7.92. The Labute approximate surface area is 147 Å². The molecule has 0 saturated heterocycles. The molecular weight excluding hydrogens is 352 g/mol. The first-order valence-corrected chi connectivity index (χ1v) is 8.91. The van der Waals surface area contributed by atoms with Gasteiger partial charge in [-0.15, -0.1) is 0 Å². The van der Waals surface area contributed by atoms with Gasteiger partial charge in [0.1, 0.15) is 5.69 Å². The molecule has 9 nitrogen and oxygen atoms in total. The monoisotopic (exact) mass is 370 g/mol. The fourth-order valence-electron chi connectivity index (χ4n) is 2.62. The highest BCUT2D eigenvalue weighted by Crippen LogP contribution is 2.40. The molecule has 0 amide bonds. The van der Waals surface area contributed by atoms with Crippen LogP contribution in [-0.2, 0) is 30.2 Å². The predicted octanol–water partition coefficient (Wildman–Crippen LogP) is 1.28. The lowest BCUT2D eigenvalue weighted by Gasteiger charge is -2.24. The maximum atomic E-state index is 12.4. The lowest BCUT2D eigenvalue weighted by atomic mass is 10.1. The average molecular weight is 370 g/mol. The molecule has 0 fully saturated rings. The molecule has 0 N–H and O–H groups in total. The summed E-state index contributed by atoms with van der Waals surface area (Å²) in [5.41, 5.74) is 0.444. The van der Waals surface area contributed by atoms with Crippen molar-refractivity contribution in [3.63, 3.8) is 0 Å². The van der Waals surface area contributed by atoms with Crippen molar-refractivity contribution in [2.24, 2.45) is 0 Å². The summed E-state index contributed by atoms with van der Waals surface area (Å²) in [4.78, 5) is 36.7. The van der Waals surface area contributed by atoms with Gasteiger partial charge in [-0.25, -0.2) is 9.59 Å². The lowest BCUT2D eigenvalue weighted by Crippen LogP contribution is -2.48. The fraction of sp³-hybridized carbons (Fsp3) is 0.467. The summed E-state index contributed by atoms with van der Waals surface area (Å²) in [6.07, 6.45) is 0. The van der Waals surface area contributed by atoms with Gasteiger partial charge in [0.25, 0.3) is 5.69 Å². The van der Waals surface area contributed by atoms with Gasteiger partial charge in [0, 0.05) is 28.9 Å². The number of non-ortho nitro benzene ring substituents is 1. The number of nitrogens with zero attached hydrogens (tertiary/aromatic N) is 2. The highest BCUT2D eigenvalue weighted by atomic mass is 32.2. The topological polar surface area (TPSA) is 122 Å². The van der Waals surface area contributed by atoms with Crippen LogP contribution in [0.2, 0.25) is 0 Å². The number of hydrogen-bond donors (Lipinski definition) is 0. The summed E-state index contributed by atoms with van der Waals surface area (Å²) in [5.74, 6) is -1.86. The molecule has 1 aliphatic rings. The van der Waals surface area contributed by atoms with Gasteiger partial charge >= 0.3 is 11.9 Å². The van der Waals surface area contributed by atoms with E-state index in [1.54, 1.807) is 20.8 Å². The van der Waals surface area contributed by atoms with E-state index in [-0.39, 0.29) is 30.5 Å². The Morgan fingerprint density at radius 1 is 1.28 bits per heavy atom. The van der Waals surface area contributed by atoms with Gasteiger partial charge in [0.2, 0.25) is 6.04 Å². The Bertz CT molecular complexity index is 691. The Morgan fingerprint density at radius 2 is 1.84 bits per heavy atom. The summed E-state index contributed by atoms with van der Waals surface area (Å²) >= 11 is -1.53. The Hall–Kier alpha value is -2.33. The molecule has 136 valence electrons. The second kappa shape index (κ2) is 7.70. The quantitative estimate of drug-likeness (QED) is 0.241. The SMILES string of the molecule is CCOC(=O)C(C(=O)OCC)N1C[S+]([O-])c2c(C)cc([N+](=O)[O-])cc21. The zero-order valence-corrected chi connectivity index (χ0v) is 14.8. The van der Waals surface area contributed by atoms with Crippen molar-refractivity contribution >= 4 is 34.5 Å². The maximum Gasteiger partial charge on any atom is 0.340 e. The molecule has 0 aromatic heterocycles. The van der Waals surface area contributed by atoms with Crippen LogP contribution in [0, 0.1) is 17.0 Å². The van der Waals surface area contributed by atoms with Crippen LogP contribution in [0.1, 0.15) is 19.4 Å². The van der Waals surface area contributed by atoms with Gasteiger partial charge in [0.05, 0.1) is 18.1 Å². The van der Waals surface area contributed by atoms with E-state index in [9.17, 15) is 24.3 Å². The number of benzene rings is 1. The van der Waals surface area contributed by atoms with Crippen molar-refractivity contribution in [3.8, 4) is 0 Å². The molecule has 0 bridgehead atoms. The molecule has 2 rings (SSSR count). The minimum absolute atomic E-state index is 0.0481. The number of fused-ring (bicyclic) bond motifs is 1. The number of nitro benzene ring substituents is 1. The van der Waals surface area contributed by atoms with Crippen LogP contribution >= 0.6 is 0 Å². The Kier molecular flexibility index (Phi) is 5.85. The molecule has 1 aromatic rings. The number of rotatable bonds is 6. The van der Waals surface area contributed by atoms with Crippen molar-refractivity contribution in [2.75, 3.05) is 24.0 Å². The number of carbonyl (C=O) groups is 2. The highest BCUT2D eigenvalue weighted by Gasteiger charge is 2.45. The molecule has 1 aromatic carbocycles. The first kappa shape index (κ1) is 19.0. The van der Waals surface area contributed by atoms with E-state index in [2.05, 4.69) is 0 Å². The molecule has 0 aliphatic carbocycles. The van der Waals surface area contributed by atoms with Crippen LogP contribution in [0.15, 0.2) is 17.0 Å². The van der Waals surface area contributed by atoms with Crippen LogP contribution in [0.25, 0.3) is 0 Å². The van der Waals surface area contributed by atoms with Gasteiger partial charge in [0.15, 0.2) is 10.8 Å². The molecule has 25 heavy (non-hydrogen) atoms. The molecule has 10 heteroatoms. The van der Waals surface area contributed by atoms with Crippen molar-refractivity contribution in [1.82, 2.24) is 0 Å². The summed E-state index contributed by atoms with van der Waals surface area (Å²) in [5, 5.41) is 11.1. The fourth-order valence-corrected chi connectivity index (χ4v) is 4.12. The van der Waals surface area contributed by atoms with Crippen molar-refractivity contribution < 1.29 is 28.5 Å². The number of hydrogen-bond acceptors (Lipinski definition) is 8. The second-order valence-electron chi connectivity index (χ2n) is 5.22. The van der Waals surface area contributed by atoms with E-state index < -0.39 is 34.1 Å². The second-order valence-corrected chi connectivity index (χ2v) is 6.58. The number of anilines is 1. The molecule has 0 spiro atoms. The van der Waals surface area contributed by atoms with Crippen LogP contribution in [-0.4, -0.2) is 46.5 Å². The van der Waals surface area contributed by atoms with Crippen molar-refractivity contribution in [3.05, 3.63) is 27.8 Å². The summed E-state index contributed by atoms with van der Waals surface area (Å²) in [7, 11) is 0. The number of nitro groups is 1. The minimum Gasteiger partial charge on any atom is -0.610 e. The standard InChI is InChI=1S/C15H18N2O7S/c1-4-23-14(18)12(15(19)24-5-2)16-8-25(22)13-9(3)6-10(17(20)21)7-11(13)16/h6-7,12H,4-5,8H2,1-3H3. The van der Waals surface area contributed by atoms with Gasteiger partial charge in [-0.05, 0) is 20.8 Å². The lowest BCUT2D eigenvalue weighted by molar-refractivity contribution is -0.384. The zero-order valence-electron chi connectivity index (χ0n) is 14.0. The van der Waals surface area contributed by atoms with Crippen LogP contribution < -0.4 is 4.90 Å². The van der Waals surface area contributed by atoms with E-state index in [1.165, 1.54) is 17.0 Å². The molecule has 1 aliphatic heterocycles. The van der Waals surface area contributed by atoms with E-state index in [0.717, 1.165) is 0 Å². The Balaban J connectivity index is 2.53. The van der Waals surface area contributed by atoms with Crippen LogP contribution in [0.4, 0.5) is 11.4 Å². The van der Waals surface area contributed by atoms with Crippen molar-refractivity contribution in [1.29, 1.82) is 0 Å². The van der Waals surface area contributed by atoms with Gasteiger partial charge in [-0.2, -0.15) is 0 Å². The van der Waals surface area contributed by atoms with Gasteiger partial charge in [-0.1, -0.05) is 0 Å². The maximum absolute atomic E-state index is 12.4. The normalized spacial score (nSPS) is 15.9. The zero-order chi connectivity index (χ0) is 18.7. The van der Waals surface area contributed by atoms with E-state index in [1.807, 2.05) is 0 Å². The van der Waals surface area contributed by atoms with Crippen LogP contribution in [0.5, 0.6) is 0 Å². The number of esters is 2. The Morgan fingerprint density at radius 3 is 2.32 bits per heavy atom. The number of carbonyl (C=O) groups excluding carboxylic acids is 2. The molecular formula is C15H18N2O7S. The third-order valence-electron chi connectivity index (χ3n) is 3.58. The number of aryl methyl sites for hydroxylation is 1. The molecule has 1 unspecified atom stereocenters.